The minimum absolute atomic E-state index is 0.00258. The number of hydrogen-bond donors (Lipinski definition) is 1. The molecule has 2 rings (SSSR count). The van der Waals surface area contributed by atoms with E-state index in [1.807, 2.05) is 0 Å². The first kappa shape index (κ1) is 13.9. The quantitative estimate of drug-likeness (QED) is 0.650. The molecule has 0 aliphatic carbocycles. The Hall–Kier alpha value is -1.51. The second-order valence-corrected chi connectivity index (χ2v) is 6.37. The van der Waals surface area contributed by atoms with Crippen LogP contribution in [0.25, 0.3) is 0 Å². The normalized spacial score (nSPS) is 18.4. The lowest BCUT2D eigenvalue weighted by Crippen LogP contribution is -2.42. The lowest BCUT2D eigenvalue weighted by molar-refractivity contribution is -0.387. The van der Waals surface area contributed by atoms with Gasteiger partial charge in [-0.15, -0.1) is 0 Å². The number of nitrogens with two attached hydrogens (primary N) is 1. The number of sulfonamides is 1. The van der Waals surface area contributed by atoms with Crippen LogP contribution in [0.1, 0.15) is 12.8 Å². The Kier molecular flexibility index (Phi) is 3.83. The van der Waals surface area contributed by atoms with E-state index in [0.29, 0.717) is 25.9 Å². The summed E-state index contributed by atoms with van der Waals surface area (Å²) in [5, 5.41) is 10.9. The van der Waals surface area contributed by atoms with Gasteiger partial charge in [-0.3, -0.25) is 10.1 Å². The van der Waals surface area contributed by atoms with Crippen molar-refractivity contribution in [1.29, 1.82) is 0 Å². The highest BCUT2D eigenvalue weighted by Gasteiger charge is 2.33. The molecule has 0 saturated carbocycles. The Labute approximate surface area is 111 Å². The molecule has 1 aliphatic heterocycles. The maximum atomic E-state index is 12.4. The number of piperidine rings is 1. The highest BCUT2D eigenvalue weighted by atomic mass is 32.2. The molecule has 1 aromatic rings. The Balaban J connectivity index is 2.37. The Bertz CT molecular complexity index is 579. The van der Waals surface area contributed by atoms with Gasteiger partial charge < -0.3 is 5.73 Å². The molecule has 1 fully saturated rings. The van der Waals surface area contributed by atoms with Crippen molar-refractivity contribution >= 4 is 15.7 Å². The molecule has 1 aliphatic rings. The molecule has 0 aromatic heterocycles. The SMILES string of the molecule is NC1CCN(S(=O)(=O)c2ccccc2[N+](=O)[O-])CC1. The van der Waals surface area contributed by atoms with E-state index in [2.05, 4.69) is 0 Å². The number of nitrogens with zero attached hydrogens (tertiary/aromatic N) is 2. The third kappa shape index (κ3) is 2.75. The maximum absolute atomic E-state index is 12.4. The Morgan fingerprint density at radius 1 is 1.26 bits per heavy atom. The van der Waals surface area contributed by atoms with E-state index in [4.69, 9.17) is 5.73 Å². The first-order chi connectivity index (χ1) is 8.93. The van der Waals surface area contributed by atoms with Gasteiger partial charge in [0, 0.05) is 25.2 Å². The van der Waals surface area contributed by atoms with E-state index in [0.717, 1.165) is 0 Å². The average Bonchev–Trinajstić information content (AvgIpc) is 2.39. The molecule has 1 heterocycles. The van der Waals surface area contributed by atoms with Gasteiger partial charge in [-0.05, 0) is 18.9 Å². The van der Waals surface area contributed by atoms with Crippen LogP contribution in [0.4, 0.5) is 5.69 Å². The fourth-order valence-electron chi connectivity index (χ4n) is 2.08. The number of benzene rings is 1. The molecule has 0 unspecified atom stereocenters. The molecule has 0 amide bonds. The number of rotatable bonds is 3. The van der Waals surface area contributed by atoms with Gasteiger partial charge in [0.15, 0.2) is 4.90 Å². The molecule has 0 radical (unpaired) electrons. The zero-order chi connectivity index (χ0) is 14.0. The van der Waals surface area contributed by atoms with Crippen LogP contribution < -0.4 is 5.73 Å². The summed E-state index contributed by atoms with van der Waals surface area (Å²) in [7, 11) is -3.83. The molecule has 2 N–H and O–H groups in total. The van der Waals surface area contributed by atoms with Crippen LogP contribution in [-0.4, -0.2) is 36.8 Å². The molecule has 0 bridgehead atoms. The highest BCUT2D eigenvalue weighted by molar-refractivity contribution is 7.89. The molecule has 104 valence electrons. The van der Waals surface area contributed by atoms with E-state index < -0.39 is 20.6 Å². The van der Waals surface area contributed by atoms with Gasteiger partial charge in [0.1, 0.15) is 0 Å². The third-order valence-corrected chi connectivity index (χ3v) is 5.12. The van der Waals surface area contributed by atoms with Crippen molar-refractivity contribution in [3.8, 4) is 0 Å². The van der Waals surface area contributed by atoms with Crippen molar-refractivity contribution in [2.45, 2.75) is 23.8 Å². The van der Waals surface area contributed by atoms with Crippen LogP contribution in [0, 0.1) is 10.1 Å². The standard InChI is InChI=1S/C11H15N3O4S/c12-9-5-7-13(8-6-9)19(17,18)11-4-2-1-3-10(11)14(15)16/h1-4,9H,5-8,12H2. The Morgan fingerprint density at radius 2 is 1.84 bits per heavy atom. The van der Waals surface area contributed by atoms with E-state index in [9.17, 15) is 18.5 Å². The first-order valence-electron chi connectivity index (χ1n) is 5.92. The molecule has 0 atom stereocenters. The fraction of sp³-hybridized carbons (Fsp3) is 0.455. The second-order valence-electron chi connectivity index (χ2n) is 4.47. The molecule has 19 heavy (non-hydrogen) atoms. The smallest absolute Gasteiger partial charge is 0.289 e. The number of hydrogen-bond acceptors (Lipinski definition) is 5. The predicted molar refractivity (Wildman–Crippen MR) is 69.1 cm³/mol. The van der Waals surface area contributed by atoms with Crippen LogP contribution in [0.2, 0.25) is 0 Å². The minimum Gasteiger partial charge on any atom is -0.328 e. The molecule has 0 spiro atoms. The van der Waals surface area contributed by atoms with Gasteiger partial charge in [-0.2, -0.15) is 4.31 Å². The second kappa shape index (κ2) is 5.24. The number of para-hydroxylation sites is 1. The lowest BCUT2D eigenvalue weighted by atomic mass is 10.1. The largest absolute Gasteiger partial charge is 0.328 e. The van der Waals surface area contributed by atoms with Gasteiger partial charge in [0.05, 0.1) is 4.92 Å². The van der Waals surface area contributed by atoms with E-state index in [-0.39, 0.29) is 10.9 Å². The van der Waals surface area contributed by atoms with E-state index in [1.165, 1.54) is 28.6 Å². The zero-order valence-corrected chi connectivity index (χ0v) is 11.0. The summed E-state index contributed by atoms with van der Waals surface area (Å²) >= 11 is 0. The molecular weight excluding hydrogens is 270 g/mol. The van der Waals surface area contributed by atoms with Crippen molar-refractivity contribution in [2.24, 2.45) is 5.73 Å². The van der Waals surface area contributed by atoms with Gasteiger partial charge in [0.25, 0.3) is 5.69 Å². The monoisotopic (exact) mass is 285 g/mol. The number of nitro benzene ring substituents is 1. The summed E-state index contributed by atoms with van der Waals surface area (Å²) in [6.45, 7) is 0.602. The third-order valence-electron chi connectivity index (χ3n) is 3.18. The van der Waals surface area contributed by atoms with Gasteiger partial charge in [0.2, 0.25) is 10.0 Å². The van der Waals surface area contributed by atoms with Crippen LogP contribution in [0.3, 0.4) is 0 Å². The van der Waals surface area contributed by atoms with Crippen molar-refractivity contribution < 1.29 is 13.3 Å². The van der Waals surface area contributed by atoms with Gasteiger partial charge in [-0.1, -0.05) is 12.1 Å². The zero-order valence-electron chi connectivity index (χ0n) is 10.2. The molecule has 7 nitrogen and oxygen atoms in total. The summed E-state index contributed by atoms with van der Waals surface area (Å²) in [6, 6.07) is 5.39. The summed E-state index contributed by atoms with van der Waals surface area (Å²) in [6.07, 6.45) is 1.14. The summed E-state index contributed by atoms with van der Waals surface area (Å²) in [4.78, 5) is 9.97. The summed E-state index contributed by atoms with van der Waals surface area (Å²) in [5.41, 5.74) is 5.34. The molecule has 8 heteroatoms. The first-order valence-corrected chi connectivity index (χ1v) is 7.36. The van der Waals surface area contributed by atoms with E-state index in [1.54, 1.807) is 0 Å². The summed E-state index contributed by atoms with van der Waals surface area (Å²) < 4.78 is 26.1. The van der Waals surface area contributed by atoms with Crippen LogP contribution in [0.5, 0.6) is 0 Å². The minimum atomic E-state index is -3.83. The Morgan fingerprint density at radius 3 is 2.42 bits per heavy atom. The van der Waals surface area contributed by atoms with Crippen molar-refractivity contribution in [2.75, 3.05) is 13.1 Å². The van der Waals surface area contributed by atoms with Crippen molar-refractivity contribution in [3.63, 3.8) is 0 Å². The lowest BCUT2D eigenvalue weighted by Gasteiger charge is -2.29. The molecule has 1 aromatic carbocycles. The van der Waals surface area contributed by atoms with Gasteiger partial charge >= 0.3 is 0 Å². The average molecular weight is 285 g/mol. The fourth-order valence-corrected chi connectivity index (χ4v) is 3.71. The van der Waals surface area contributed by atoms with E-state index >= 15 is 0 Å². The van der Waals surface area contributed by atoms with Crippen LogP contribution in [0.15, 0.2) is 29.2 Å². The maximum Gasteiger partial charge on any atom is 0.289 e. The summed E-state index contributed by atoms with van der Waals surface area (Å²) in [5.74, 6) is 0. The highest BCUT2D eigenvalue weighted by Crippen LogP contribution is 2.27. The van der Waals surface area contributed by atoms with Crippen molar-refractivity contribution in [3.05, 3.63) is 34.4 Å². The molecular formula is C11H15N3O4S. The van der Waals surface area contributed by atoms with Crippen molar-refractivity contribution in [1.82, 2.24) is 4.31 Å². The predicted octanol–water partition coefficient (Wildman–Crippen LogP) is 0.707. The number of nitro groups is 1. The van der Waals surface area contributed by atoms with Crippen LogP contribution >= 0.6 is 0 Å². The molecule has 1 saturated heterocycles. The van der Waals surface area contributed by atoms with Crippen LogP contribution in [-0.2, 0) is 10.0 Å². The van der Waals surface area contributed by atoms with Gasteiger partial charge in [-0.25, -0.2) is 8.42 Å². The topological polar surface area (TPSA) is 107 Å².